The smallest absolute Gasteiger partial charge is 0.393 e. The first-order valence-corrected chi connectivity index (χ1v) is 2.57. The maximum atomic E-state index is 11.6. The molecule has 0 aliphatic carbocycles. The summed E-state index contributed by atoms with van der Waals surface area (Å²) >= 11 is 0. The van der Waals surface area contributed by atoms with Crippen LogP contribution in [-0.2, 0) is 4.94 Å². The summed E-state index contributed by atoms with van der Waals surface area (Å²) in [5.41, 5.74) is -4.42. The number of aliphatic hydroxyl groups is 1. The summed E-state index contributed by atoms with van der Waals surface area (Å²) in [6.45, 7) is -2.18. The Morgan fingerprint density at radius 2 is 1.67 bits per heavy atom. The lowest BCUT2D eigenvalue weighted by molar-refractivity contribution is -0.389. The average Bonchev–Trinajstić information content (AvgIpc) is 1.87. The van der Waals surface area contributed by atoms with Gasteiger partial charge in [-0.25, -0.2) is 8.78 Å². The van der Waals surface area contributed by atoms with Gasteiger partial charge in [0.25, 0.3) is 12.0 Å². The second kappa shape index (κ2) is 3.48. The van der Waals surface area contributed by atoms with E-state index in [0.29, 0.717) is 0 Å². The van der Waals surface area contributed by atoms with Crippen molar-refractivity contribution in [3.8, 4) is 0 Å². The molecule has 8 heteroatoms. The summed E-state index contributed by atoms with van der Waals surface area (Å²) < 4.78 is 69.3. The molecule has 1 unspecified atom stereocenters. The number of halogens is 6. The fourth-order valence-corrected chi connectivity index (χ4v) is 0.384. The zero-order valence-electron chi connectivity index (χ0n) is 5.41. The van der Waals surface area contributed by atoms with Crippen molar-refractivity contribution in [1.29, 1.82) is 0 Å². The first-order valence-electron chi connectivity index (χ1n) is 2.57. The second-order valence-electron chi connectivity index (χ2n) is 1.92. The highest BCUT2D eigenvalue weighted by molar-refractivity contribution is 4.89. The molecule has 0 fully saturated rings. The molecular weight excluding hydrogens is 194 g/mol. The molecule has 0 spiro atoms. The minimum atomic E-state index is -5.66. The van der Waals surface area contributed by atoms with Crippen molar-refractivity contribution in [2.45, 2.75) is 18.2 Å². The van der Waals surface area contributed by atoms with Crippen LogP contribution in [0.5, 0.6) is 0 Å². The fourth-order valence-electron chi connectivity index (χ4n) is 0.384. The monoisotopic (exact) mass is 198 g/mol. The van der Waals surface area contributed by atoms with E-state index in [9.17, 15) is 26.5 Å². The molecule has 0 radical (unpaired) electrons. The lowest BCUT2D eigenvalue weighted by Crippen LogP contribution is -2.55. The quantitative estimate of drug-likeness (QED) is 0.695. The molecule has 0 bridgehead atoms. The average molecular weight is 198 g/mol. The maximum absolute atomic E-state index is 11.6. The van der Waals surface area contributed by atoms with Gasteiger partial charge in [-0.2, -0.15) is 18.1 Å². The zero-order valence-corrected chi connectivity index (χ0v) is 5.41. The number of hydrogen-bond donors (Lipinski definition) is 1. The van der Waals surface area contributed by atoms with Gasteiger partial charge in [-0.3, -0.25) is 0 Å². The van der Waals surface area contributed by atoms with E-state index in [2.05, 4.69) is 4.94 Å². The van der Waals surface area contributed by atoms with Crippen LogP contribution in [0.25, 0.3) is 0 Å². The van der Waals surface area contributed by atoms with E-state index in [4.69, 9.17) is 5.11 Å². The largest absolute Gasteiger partial charge is 0.428 e. The van der Waals surface area contributed by atoms with Crippen LogP contribution in [0.1, 0.15) is 0 Å². The molecule has 0 aliphatic rings. The Hall–Kier alpha value is -0.500. The summed E-state index contributed by atoms with van der Waals surface area (Å²) in [4.78, 5) is 2.09. The molecule has 74 valence electrons. The fraction of sp³-hybridized carbons (Fsp3) is 1.00. The molecule has 12 heavy (non-hydrogen) atoms. The van der Waals surface area contributed by atoms with Crippen molar-refractivity contribution in [2.24, 2.45) is 0 Å². The summed E-state index contributed by atoms with van der Waals surface area (Å²) in [6.07, 6.45) is -9.85. The zero-order chi connectivity index (χ0) is 9.99. The number of alkyl halides is 5. The molecule has 0 aliphatic heterocycles. The van der Waals surface area contributed by atoms with Gasteiger partial charge in [-0.15, -0.1) is 0 Å². The minimum absolute atomic E-state index is 2.09. The summed E-state index contributed by atoms with van der Waals surface area (Å²) in [5.74, 6) is 0. The molecule has 0 aromatic rings. The molecule has 2 nitrogen and oxygen atoms in total. The molecular formula is C4H4F6O2. The predicted molar refractivity (Wildman–Crippen MR) is 24.1 cm³/mol. The molecule has 0 saturated carbocycles. The van der Waals surface area contributed by atoms with E-state index in [0.717, 1.165) is 0 Å². The third-order valence-electron chi connectivity index (χ3n) is 1.20. The van der Waals surface area contributed by atoms with Crippen LogP contribution in [0.15, 0.2) is 0 Å². The van der Waals surface area contributed by atoms with Crippen molar-refractivity contribution in [3.63, 3.8) is 0 Å². The molecule has 0 rings (SSSR count). The van der Waals surface area contributed by atoms with Crippen LogP contribution in [0.2, 0.25) is 0 Å². The van der Waals surface area contributed by atoms with Gasteiger partial charge in [0.2, 0.25) is 0 Å². The lowest BCUT2D eigenvalue weighted by atomic mass is 10.1. The van der Waals surface area contributed by atoms with E-state index in [1.807, 2.05) is 0 Å². The first-order chi connectivity index (χ1) is 5.31. The van der Waals surface area contributed by atoms with E-state index < -0.39 is 24.8 Å². The third kappa shape index (κ3) is 1.63. The highest BCUT2D eigenvalue weighted by atomic mass is 19.4. The van der Waals surface area contributed by atoms with E-state index in [-0.39, 0.29) is 0 Å². The Morgan fingerprint density at radius 1 is 1.25 bits per heavy atom. The maximum Gasteiger partial charge on any atom is 0.428 e. The third-order valence-corrected chi connectivity index (χ3v) is 1.20. The predicted octanol–water partition coefficient (Wildman–Crippen LogP) is 1.45. The van der Waals surface area contributed by atoms with Gasteiger partial charge in [0.1, 0.15) is 0 Å². The lowest BCUT2D eigenvalue weighted by Gasteiger charge is -2.27. The molecule has 0 aromatic heterocycles. The van der Waals surface area contributed by atoms with Crippen LogP contribution in [-0.4, -0.2) is 29.9 Å². The SMILES string of the molecule is OCC(OF)(C(F)F)C(F)(F)F. The molecule has 0 heterocycles. The number of rotatable bonds is 3. The van der Waals surface area contributed by atoms with Gasteiger partial charge in [-0.1, -0.05) is 0 Å². The standard InChI is InChI=1S/C4H4F6O2/c5-2(6)3(1-11,12-10)4(7,8)9/h2,11H,1H2. The summed E-state index contributed by atoms with van der Waals surface area (Å²) in [6, 6.07) is 0. The van der Waals surface area contributed by atoms with Gasteiger partial charge >= 0.3 is 6.18 Å². The Balaban J connectivity index is 4.83. The number of aliphatic hydroxyl groups excluding tert-OH is 1. The first kappa shape index (κ1) is 11.5. The Bertz CT molecular complexity index is 139. The van der Waals surface area contributed by atoms with Crippen LogP contribution < -0.4 is 0 Å². The van der Waals surface area contributed by atoms with Gasteiger partial charge in [0.15, 0.2) is 0 Å². The van der Waals surface area contributed by atoms with E-state index in [1.54, 1.807) is 0 Å². The molecule has 1 atom stereocenters. The molecule has 0 aromatic carbocycles. The second-order valence-corrected chi connectivity index (χ2v) is 1.92. The minimum Gasteiger partial charge on any atom is -0.393 e. The molecule has 0 saturated heterocycles. The van der Waals surface area contributed by atoms with Crippen LogP contribution >= 0.6 is 0 Å². The summed E-state index contributed by atoms with van der Waals surface area (Å²) in [7, 11) is 0. The van der Waals surface area contributed by atoms with Crippen LogP contribution in [0.4, 0.5) is 26.5 Å². The van der Waals surface area contributed by atoms with Crippen molar-refractivity contribution in [2.75, 3.05) is 6.61 Å². The van der Waals surface area contributed by atoms with Gasteiger partial charge in [-0.05, 0) is 4.53 Å². The van der Waals surface area contributed by atoms with Crippen molar-refractivity contribution >= 4 is 0 Å². The van der Waals surface area contributed by atoms with Crippen LogP contribution in [0, 0.1) is 0 Å². The van der Waals surface area contributed by atoms with Crippen molar-refractivity contribution in [3.05, 3.63) is 0 Å². The van der Waals surface area contributed by atoms with E-state index >= 15 is 0 Å². The Labute approximate surface area is 62.6 Å². The Morgan fingerprint density at radius 3 is 1.67 bits per heavy atom. The Kier molecular flexibility index (Phi) is 3.34. The highest BCUT2D eigenvalue weighted by Gasteiger charge is 2.64. The summed E-state index contributed by atoms with van der Waals surface area (Å²) in [5, 5.41) is 7.92. The van der Waals surface area contributed by atoms with Crippen molar-refractivity contribution in [1.82, 2.24) is 0 Å². The molecule has 1 N–H and O–H groups in total. The van der Waals surface area contributed by atoms with E-state index in [1.165, 1.54) is 0 Å². The van der Waals surface area contributed by atoms with Gasteiger partial charge < -0.3 is 5.11 Å². The van der Waals surface area contributed by atoms with Crippen molar-refractivity contribution < 1.29 is 36.5 Å². The topological polar surface area (TPSA) is 29.5 Å². The van der Waals surface area contributed by atoms with Gasteiger partial charge in [0.05, 0.1) is 6.61 Å². The van der Waals surface area contributed by atoms with Gasteiger partial charge in [0, 0.05) is 0 Å². The van der Waals surface area contributed by atoms with Crippen LogP contribution in [0.3, 0.4) is 0 Å². The molecule has 0 amide bonds. The highest BCUT2D eigenvalue weighted by Crippen LogP contribution is 2.38. The normalized spacial score (nSPS) is 18.0. The number of hydrogen-bond acceptors (Lipinski definition) is 2.